The van der Waals surface area contributed by atoms with E-state index in [1.807, 2.05) is 34.7 Å². The largest absolute Gasteiger partial charge is 0.490 e. The van der Waals surface area contributed by atoms with E-state index in [0.29, 0.717) is 12.6 Å². The van der Waals surface area contributed by atoms with Gasteiger partial charge >= 0.3 is 0 Å². The first-order valence-electron chi connectivity index (χ1n) is 12.1. The molecule has 3 aliphatic rings. The lowest BCUT2D eigenvalue weighted by Gasteiger charge is -2.37. The van der Waals surface area contributed by atoms with Crippen LogP contribution in [0.3, 0.4) is 0 Å². The molecule has 6 rings (SSSR count). The fraction of sp³-hybridized carbons (Fsp3) is 0.480. The van der Waals surface area contributed by atoms with Gasteiger partial charge in [0.25, 0.3) is 11.1 Å². The van der Waals surface area contributed by atoms with Gasteiger partial charge < -0.3 is 15.0 Å². The highest BCUT2D eigenvalue weighted by Crippen LogP contribution is 2.32. The van der Waals surface area contributed by atoms with Crippen LogP contribution in [0, 0.1) is 0 Å². The Bertz CT molecular complexity index is 1330. The van der Waals surface area contributed by atoms with E-state index in [9.17, 15) is 9.59 Å². The number of fused-ring (bicyclic) bond motifs is 1. The Morgan fingerprint density at radius 3 is 2.69 bits per heavy atom. The molecule has 1 N–H and O–H groups in total. The Hall–Kier alpha value is -2.33. The third-order valence-corrected chi connectivity index (χ3v) is 8.22. The number of thioether (sulfide) groups is 1. The molecule has 1 saturated heterocycles. The normalized spacial score (nSPS) is 20.2. The Balaban J connectivity index is 0.00000253. The van der Waals surface area contributed by atoms with Crippen molar-refractivity contribution in [1.29, 1.82) is 0 Å². The first-order chi connectivity index (χ1) is 16.7. The van der Waals surface area contributed by atoms with Gasteiger partial charge in [0.05, 0.1) is 29.4 Å². The maximum absolute atomic E-state index is 12.8. The summed E-state index contributed by atoms with van der Waals surface area (Å²) in [5, 5.41) is 4.63. The monoisotopic (exact) mass is 515 g/mol. The first kappa shape index (κ1) is 24.4. The van der Waals surface area contributed by atoms with Gasteiger partial charge in [-0.05, 0) is 50.6 Å². The lowest BCUT2D eigenvalue weighted by atomic mass is 10.0. The predicted molar refractivity (Wildman–Crippen MR) is 140 cm³/mol. The molecular weight excluding hydrogens is 486 g/mol. The lowest BCUT2D eigenvalue weighted by Crippen LogP contribution is -2.46. The molecule has 1 unspecified atom stereocenters. The fourth-order valence-corrected chi connectivity index (χ4v) is 6.29. The van der Waals surface area contributed by atoms with Crippen molar-refractivity contribution in [2.75, 3.05) is 32.0 Å². The number of pyridine rings is 3. The summed E-state index contributed by atoms with van der Waals surface area (Å²) in [7, 11) is 0. The summed E-state index contributed by atoms with van der Waals surface area (Å²) in [6.45, 7) is 5.04. The molecule has 3 aromatic heterocycles. The van der Waals surface area contributed by atoms with Gasteiger partial charge in [-0.15, -0.1) is 24.2 Å². The summed E-state index contributed by atoms with van der Waals surface area (Å²) in [6.07, 6.45) is 4.80. The van der Waals surface area contributed by atoms with E-state index >= 15 is 0 Å². The summed E-state index contributed by atoms with van der Waals surface area (Å²) >= 11 is 1.83. The van der Waals surface area contributed by atoms with Gasteiger partial charge in [-0.25, -0.2) is 0 Å². The Morgan fingerprint density at radius 2 is 1.86 bits per heavy atom. The van der Waals surface area contributed by atoms with Gasteiger partial charge in [-0.1, -0.05) is 0 Å². The molecule has 10 heteroatoms. The van der Waals surface area contributed by atoms with Crippen molar-refractivity contribution in [2.45, 2.75) is 49.3 Å². The van der Waals surface area contributed by atoms with E-state index < -0.39 is 0 Å². The summed E-state index contributed by atoms with van der Waals surface area (Å²) in [5.74, 6) is 1.89. The summed E-state index contributed by atoms with van der Waals surface area (Å²) in [5.41, 5.74) is 1.78. The van der Waals surface area contributed by atoms with Crippen LogP contribution >= 0.6 is 24.2 Å². The number of nitrogens with one attached hydrogen (secondary N) is 1. The van der Waals surface area contributed by atoms with Crippen molar-refractivity contribution < 1.29 is 4.74 Å². The molecule has 0 saturated carbocycles. The number of hydrogen-bond acceptors (Lipinski definition) is 7. The molecular formula is C25H30ClN5O3S. The van der Waals surface area contributed by atoms with Crippen LogP contribution in [0.4, 0.5) is 0 Å². The highest BCUT2D eigenvalue weighted by atomic mass is 35.5. The maximum atomic E-state index is 12.8. The van der Waals surface area contributed by atoms with Crippen molar-refractivity contribution >= 4 is 35.2 Å². The zero-order valence-corrected chi connectivity index (χ0v) is 21.2. The molecule has 35 heavy (non-hydrogen) atoms. The Kier molecular flexibility index (Phi) is 7.20. The minimum absolute atomic E-state index is 0. The highest BCUT2D eigenvalue weighted by Gasteiger charge is 2.27. The van der Waals surface area contributed by atoms with Crippen molar-refractivity contribution in [3.8, 4) is 5.75 Å². The zero-order chi connectivity index (χ0) is 23.1. The second-order valence-corrected chi connectivity index (χ2v) is 10.5. The van der Waals surface area contributed by atoms with E-state index in [0.717, 1.165) is 80.3 Å². The number of rotatable bonds is 5. The van der Waals surface area contributed by atoms with Gasteiger partial charge in [0.2, 0.25) is 0 Å². The number of ether oxygens (including phenoxy) is 1. The SMILES string of the molecule is Cl.O=c1ccc2ccc(=O)n3c2n1CCC3CN1CCC(NCc2cc3c(cn2)OCCS3)CC1. The zero-order valence-electron chi connectivity index (χ0n) is 19.5. The van der Waals surface area contributed by atoms with Crippen molar-refractivity contribution in [3.63, 3.8) is 0 Å². The van der Waals surface area contributed by atoms with Gasteiger partial charge in [-0.3, -0.25) is 23.7 Å². The molecule has 3 aliphatic heterocycles. The molecule has 0 radical (unpaired) electrons. The topological polar surface area (TPSA) is 81.4 Å². The molecule has 186 valence electrons. The van der Waals surface area contributed by atoms with E-state index in [-0.39, 0.29) is 29.6 Å². The first-order valence-corrected chi connectivity index (χ1v) is 13.1. The van der Waals surface area contributed by atoms with E-state index in [2.05, 4.69) is 21.3 Å². The number of halogens is 1. The number of aromatic nitrogens is 3. The molecule has 1 atom stereocenters. The lowest BCUT2D eigenvalue weighted by molar-refractivity contribution is 0.164. The maximum Gasteiger partial charge on any atom is 0.252 e. The quantitative estimate of drug-likeness (QED) is 0.559. The second kappa shape index (κ2) is 10.3. The number of hydrogen-bond donors (Lipinski definition) is 1. The Labute approximate surface area is 214 Å². The summed E-state index contributed by atoms with van der Waals surface area (Å²) in [4.78, 5) is 33.3. The Morgan fingerprint density at radius 1 is 1.06 bits per heavy atom. The number of likely N-dealkylation sites (tertiary alicyclic amines) is 1. The third kappa shape index (κ3) is 4.87. The van der Waals surface area contributed by atoms with Gasteiger partial charge in [0.1, 0.15) is 5.65 Å². The number of nitrogens with zero attached hydrogens (tertiary/aromatic N) is 4. The highest BCUT2D eigenvalue weighted by molar-refractivity contribution is 7.99. The molecule has 0 amide bonds. The molecule has 1 fully saturated rings. The average molecular weight is 516 g/mol. The van der Waals surface area contributed by atoms with E-state index in [1.165, 1.54) is 4.90 Å². The van der Waals surface area contributed by atoms with Crippen LogP contribution in [0.5, 0.6) is 5.75 Å². The number of piperidine rings is 1. The van der Waals surface area contributed by atoms with Crippen molar-refractivity contribution in [1.82, 2.24) is 24.3 Å². The van der Waals surface area contributed by atoms with Crippen LogP contribution in [-0.4, -0.2) is 57.1 Å². The molecule has 0 spiro atoms. The third-order valence-electron chi connectivity index (χ3n) is 7.22. The standard InChI is InChI=1S/C25H29N5O3S.ClH/c31-23-3-1-17-2-4-24(32)30-20(7-10-29(23)25(17)30)16-28-8-5-18(6-9-28)26-14-19-13-22-21(15-27-19)33-11-12-34-22;/h1-4,13,15,18,20,26H,5-12,14,16H2;1H. The molecule has 8 nitrogen and oxygen atoms in total. The molecule has 3 aromatic rings. The fourth-order valence-electron chi connectivity index (χ4n) is 5.43. The van der Waals surface area contributed by atoms with Crippen molar-refractivity contribution in [3.05, 3.63) is 62.9 Å². The minimum atomic E-state index is -0.0308. The van der Waals surface area contributed by atoms with Crippen LogP contribution in [-0.2, 0) is 13.1 Å². The van der Waals surface area contributed by atoms with Gasteiger partial charge in [-0.2, -0.15) is 0 Å². The van der Waals surface area contributed by atoms with Crippen LogP contribution in [0.2, 0.25) is 0 Å². The van der Waals surface area contributed by atoms with Gasteiger partial charge in [0.15, 0.2) is 5.75 Å². The minimum Gasteiger partial charge on any atom is -0.490 e. The summed E-state index contributed by atoms with van der Waals surface area (Å²) in [6, 6.07) is 9.59. The average Bonchev–Trinajstić information content (AvgIpc) is 2.87. The van der Waals surface area contributed by atoms with Gasteiger partial charge in [0, 0.05) is 48.9 Å². The van der Waals surface area contributed by atoms with Crippen molar-refractivity contribution in [2.24, 2.45) is 0 Å². The molecule has 0 aliphatic carbocycles. The van der Waals surface area contributed by atoms with Crippen LogP contribution in [0.25, 0.3) is 11.0 Å². The smallest absolute Gasteiger partial charge is 0.252 e. The van der Waals surface area contributed by atoms with Crippen LogP contribution in [0.1, 0.15) is 31.0 Å². The summed E-state index contributed by atoms with van der Waals surface area (Å²) < 4.78 is 9.26. The van der Waals surface area contributed by atoms with Crippen LogP contribution in [0.15, 0.2) is 51.0 Å². The van der Waals surface area contributed by atoms with E-state index in [4.69, 9.17) is 4.74 Å². The van der Waals surface area contributed by atoms with E-state index in [1.54, 1.807) is 16.7 Å². The molecule has 0 bridgehead atoms. The predicted octanol–water partition coefficient (Wildman–Crippen LogP) is 2.66. The molecule has 0 aromatic carbocycles. The van der Waals surface area contributed by atoms with Crippen LogP contribution < -0.4 is 21.2 Å². The molecule has 6 heterocycles. The number of aryl methyl sites for hydroxylation is 1. The second-order valence-electron chi connectivity index (χ2n) is 9.36.